The summed E-state index contributed by atoms with van der Waals surface area (Å²) in [5.74, 6) is 0. The lowest BCUT2D eigenvalue weighted by atomic mass is 9.84. The van der Waals surface area contributed by atoms with Crippen molar-refractivity contribution in [1.82, 2.24) is 0 Å². The zero-order chi connectivity index (χ0) is 34.8. The summed E-state index contributed by atoms with van der Waals surface area (Å²) in [6.45, 7) is 4.28. The van der Waals surface area contributed by atoms with Gasteiger partial charge < -0.3 is 4.90 Å². The maximum atomic E-state index is 2.42. The van der Waals surface area contributed by atoms with E-state index in [9.17, 15) is 0 Å². The Balaban J connectivity index is 1.23. The van der Waals surface area contributed by atoms with Crippen LogP contribution in [-0.2, 0) is 0 Å². The first-order valence-electron chi connectivity index (χ1n) is 17.9. The van der Waals surface area contributed by atoms with Crippen LogP contribution in [0.25, 0.3) is 74.7 Å². The highest BCUT2D eigenvalue weighted by molar-refractivity contribution is 7.26. The van der Waals surface area contributed by atoms with Crippen LogP contribution in [0.5, 0.6) is 0 Å². The minimum atomic E-state index is 1.13. The van der Waals surface area contributed by atoms with Gasteiger partial charge >= 0.3 is 0 Å². The highest BCUT2D eigenvalue weighted by atomic mass is 32.1. The van der Waals surface area contributed by atoms with Gasteiger partial charge in [-0.3, -0.25) is 0 Å². The third kappa shape index (κ3) is 4.98. The van der Waals surface area contributed by atoms with Crippen LogP contribution in [-0.4, -0.2) is 0 Å². The van der Waals surface area contributed by atoms with Crippen LogP contribution in [0.3, 0.4) is 0 Å². The Bertz CT molecular complexity index is 2910. The molecule has 10 aromatic rings. The summed E-state index contributed by atoms with van der Waals surface area (Å²) < 4.78 is 2.67. The number of aryl methyl sites for hydroxylation is 2. The molecular formula is C50H35NS. The minimum Gasteiger partial charge on any atom is -0.311 e. The summed E-state index contributed by atoms with van der Waals surface area (Å²) in [5.41, 5.74) is 11.0. The molecule has 0 radical (unpaired) electrons. The first kappa shape index (κ1) is 30.6. The van der Waals surface area contributed by atoms with Crippen LogP contribution in [0.1, 0.15) is 11.1 Å². The number of thiophene rings is 1. The Kier molecular flexibility index (Phi) is 7.19. The van der Waals surface area contributed by atoms with E-state index in [1.165, 1.54) is 85.9 Å². The summed E-state index contributed by atoms with van der Waals surface area (Å²) in [5, 5.41) is 10.2. The summed E-state index contributed by atoms with van der Waals surface area (Å²) in [7, 11) is 0. The van der Waals surface area contributed by atoms with Crippen LogP contribution in [0.2, 0.25) is 0 Å². The van der Waals surface area contributed by atoms with Gasteiger partial charge in [-0.05, 0) is 117 Å². The van der Waals surface area contributed by atoms with Gasteiger partial charge in [-0.15, -0.1) is 11.3 Å². The molecule has 0 N–H and O–H groups in total. The summed E-state index contributed by atoms with van der Waals surface area (Å²) in [4.78, 5) is 2.35. The molecule has 0 fully saturated rings. The zero-order valence-electron chi connectivity index (χ0n) is 29.1. The fourth-order valence-corrected chi connectivity index (χ4v) is 9.24. The fourth-order valence-electron chi connectivity index (χ4n) is 8.02. The van der Waals surface area contributed by atoms with Crippen molar-refractivity contribution in [2.75, 3.05) is 4.90 Å². The lowest BCUT2D eigenvalue weighted by molar-refractivity contribution is 1.27. The Hall–Kier alpha value is -6.22. The quantitative estimate of drug-likeness (QED) is 0.163. The van der Waals surface area contributed by atoms with Gasteiger partial charge in [-0.25, -0.2) is 0 Å². The summed E-state index contributed by atoms with van der Waals surface area (Å²) >= 11 is 1.90. The first-order chi connectivity index (χ1) is 25.6. The molecule has 1 nitrogen and oxygen atoms in total. The van der Waals surface area contributed by atoms with Crippen molar-refractivity contribution in [2.45, 2.75) is 13.8 Å². The molecule has 0 unspecified atom stereocenters. The third-order valence-corrected chi connectivity index (χ3v) is 11.8. The van der Waals surface area contributed by atoms with Crippen molar-refractivity contribution < 1.29 is 0 Å². The number of hydrogen-bond donors (Lipinski definition) is 0. The molecule has 2 heteroatoms. The second-order valence-electron chi connectivity index (χ2n) is 13.9. The molecule has 1 aromatic heterocycles. The van der Waals surface area contributed by atoms with Crippen molar-refractivity contribution in [1.29, 1.82) is 0 Å². The normalized spacial score (nSPS) is 11.7. The van der Waals surface area contributed by atoms with E-state index in [4.69, 9.17) is 0 Å². The van der Waals surface area contributed by atoms with Gasteiger partial charge in [0.15, 0.2) is 0 Å². The molecule has 1 heterocycles. The Morgan fingerprint density at radius 2 is 0.865 bits per heavy atom. The molecule has 0 aliphatic heterocycles. The van der Waals surface area contributed by atoms with Crippen molar-refractivity contribution in [3.63, 3.8) is 0 Å². The van der Waals surface area contributed by atoms with E-state index >= 15 is 0 Å². The molecule has 10 rings (SSSR count). The highest BCUT2D eigenvalue weighted by Gasteiger charge is 2.21. The van der Waals surface area contributed by atoms with Gasteiger partial charge in [0.25, 0.3) is 0 Å². The van der Waals surface area contributed by atoms with Crippen LogP contribution in [0.15, 0.2) is 176 Å². The summed E-state index contributed by atoms with van der Waals surface area (Å²) in [6.07, 6.45) is 0. The highest BCUT2D eigenvalue weighted by Crippen LogP contribution is 2.49. The smallest absolute Gasteiger partial charge is 0.0462 e. The lowest BCUT2D eigenvalue weighted by Crippen LogP contribution is -2.09. The van der Waals surface area contributed by atoms with Gasteiger partial charge in [0.05, 0.1) is 0 Å². The van der Waals surface area contributed by atoms with Crippen LogP contribution < -0.4 is 4.90 Å². The number of fused-ring (bicyclic) bond motifs is 6. The Labute approximate surface area is 307 Å². The van der Waals surface area contributed by atoms with Gasteiger partial charge in [-0.1, -0.05) is 132 Å². The predicted molar refractivity (Wildman–Crippen MR) is 227 cm³/mol. The molecule has 0 aliphatic carbocycles. The van der Waals surface area contributed by atoms with Crippen LogP contribution >= 0.6 is 11.3 Å². The lowest BCUT2D eigenvalue weighted by Gasteiger charge is -2.26. The third-order valence-electron chi connectivity index (χ3n) is 10.6. The summed E-state index contributed by atoms with van der Waals surface area (Å²) in [6, 6.07) is 65.1. The molecule has 0 bridgehead atoms. The molecule has 246 valence electrons. The molecule has 0 amide bonds. The molecule has 0 spiro atoms. The van der Waals surface area contributed by atoms with Crippen LogP contribution in [0.4, 0.5) is 17.1 Å². The molecular weight excluding hydrogens is 647 g/mol. The van der Waals surface area contributed by atoms with Crippen molar-refractivity contribution in [2.24, 2.45) is 0 Å². The van der Waals surface area contributed by atoms with E-state index in [0.29, 0.717) is 0 Å². The molecule has 9 aromatic carbocycles. The number of anilines is 3. The average Bonchev–Trinajstić information content (AvgIpc) is 3.57. The standard InChI is InChI=1S/C50H35NS/c1-32-18-24-37(25-19-32)51(38-26-20-33(2)21-27-38)39-28-22-34(23-29-39)48-41-13-5-6-14-42(41)49(46-31-36-11-4-3-10-35(36)30-45(46)48)44-16-9-15-43-40-12-7-8-17-47(40)52-50(43)44/h3-31H,1-2H3. The van der Waals surface area contributed by atoms with Crippen LogP contribution in [0, 0.1) is 13.8 Å². The molecule has 52 heavy (non-hydrogen) atoms. The minimum absolute atomic E-state index is 1.13. The average molecular weight is 682 g/mol. The molecule has 0 aliphatic rings. The van der Waals surface area contributed by atoms with E-state index < -0.39 is 0 Å². The largest absolute Gasteiger partial charge is 0.311 e. The zero-order valence-corrected chi connectivity index (χ0v) is 29.9. The Morgan fingerprint density at radius 3 is 1.48 bits per heavy atom. The number of hydrogen-bond acceptors (Lipinski definition) is 2. The Morgan fingerprint density at radius 1 is 0.385 bits per heavy atom. The van der Waals surface area contributed by atoms with Gasteiger partial charge in [-0.2, -0.15) is 0 Å². The van der Waals surface area contributed by atoms with Crippen molar-refractivity contribution >= 4 is 80.9 Å². The second-order valence-corrected chi connectivity index (χ2v) is 14.9. The van der Waals surface area contributed by atoms with Gasteiger partial charge in [0.1, 0.15) is 0 Å². The predicted octanol–water partition coefficient (Wildman–Crippen LogP) is 14.9. The maximum Gasteiger partial charge on any atom is 0.0462 e. The van der Waals surface area contributed by atoms with Crippen molar-refractivity contribution in [3.05, 3.63) is 187 Å². The van der Waals surface area contributed by atoms with E-state index in [2.05, 4.69) is 195 Å². The van der Waals surface area contributed by atoms with E-state index in [0.717, 1.165) is 17.1 Å². The second kappa shape index (κ2) is 12.2. The van der Waals surface area contributed by atoms with Crippen molar-refractivity contribution in [3.8, 4) is 22.3 Å². The van der Waals surface area contributed by atoms with Gasteiger partial charge in [0.2, 0.25) is 0 Å². The molecule has 0 atom stereocenters. The number of benzene rings is 9. The van der Waals surface area contributed by atoms with E-state index in [1.54, 1.807) is 0 Å². The molecule has 0 saturated carbocycles. The van der Waals surface area contributed by atoms with E-state index in [1.807, 2.05) is 11.3 Å². The van der Waals surface area contributed by atoms with Gasteiger partial charge in [0, 0.05) is 42.8 Å². The number of rotatable bonds is 5. The SMILES string of the molecule is Cc1ccc(N(c2ccc(C)cc2)c2ccc(-c3c4ccccc4c(-c4cccc5c4sc4ccccc45)c4cc5ccccc5cc34)cc2)cc1. The number of nitrogens with zero attached hydrogens (tertiary/aromatic N) is 1. The first-order valence-corrected chi connectivity index (χ1v) is 18.7. The fraction of sp³-hybridized carbons (Fsp3) is 0.0400. The van der Waals surface area contributed by atoms with E-state index in [-0.39, 0.29) is 0 Å². The monoisotopic (exact) mass is 681 g/mol. The molecule has 0 saturated heterocycles. The topological polar surface area (TPSA) is 3.24 Å². The maximum absolute atomic E-state index is 2.42.